The van der Waals surface area contributed by atoms with E-state index in [-0.39, 0.29) is 11.4 Å². The van der Waals surface area contributed by atoms with Gasteiger partial charge in [0.25, 0.3) is 5.91 Å². The minimum absolute atomic E-state index is 0.121. The zero-order valence-electron chi connectivity index (χ0n) is 14.1. The summed E-state index contributed by atoms with van der Waals surface area (Å²) < 4.78 is 4.06. The van der Waals surface area contributed by atoms with Gasteiger partial charge in [-0.25, -0.2) is 0 Å². The Kier molecular flexibility index (Phi) is 3.92. The molecule has 5 nitrogen and oxygen atoms in total. The second-order valence-electron chi connectivity index (χ2n) is 7.90. The highest BCUT2D eigenvalue weighted by Crippen LogP contribution is 2.44. The van der Waals surface area contributed by atoms with Gasteiger partial charge >= 0.3 is 0 Å². The molecule has 1 aromatic rings. The Morgan fingerprint density at radius 3 is 2.83 bits per heavy atom. The van der Waals surface area contributed by atoms with Gasteiger partial charge in [-0.2, -0.15) is 0 Å². The third kappa shape index (κ3) is 2.80. The van der Waals surface area contributed by atoms with E-state index in [2.05, 4.69) is 33.2 Å². The zero-order chi connectivity index (χ0) is 16.0. The van der Waals surface area contributed by atoms with Crippen LogP contribution in [0.1, 0.15) is 67.2 Å². The van der Waals surface area contributed by atoms with Gasteiger partial charge in [-0.15, -0.1) is 5.10 Å². The number of hydrogen-bond donors (Lipinski definition) is 0. The van der Waals surface area contributed by atoms with E-state index in [0.29, 0.717) is 17.5 Å². The van der Waals surface area contributed by atoms with Crippen LogP contribution in [0.5, 0.6) is 0 Å². The van der Waals surface area contributed by atoms with Crippen LogP contribution in [0.25, 0.3) is 0 Å². The summed E-state index contributed by atoms with van der Waals surface area (Å²) in [5, 5.41) is 4.18. The molecule has 1 aliphatic carbocycles. The van der Waals surface area contributed by atoms with Crippen molar-refractivity contribution in [3.05, 3.63) is 10.6 Å². The molecular weight excluding hydrogens is 308 g/mol. The number of piperidine rings is 1. The lowest BCUT2D eigenvalue weighted by molar-refractivity contribution is -0.0649. The van der Waals surface area contributed by atoms with Gasteiger partial charge in [0.15, 0.2) is 5.69 Å². The summed E-state index contributed by atoms with van der Waals surface area (Å²) in [7, 11) is 0. The van der Waals surface area contributed by atoms with E-state index in [1.54, 1.807) is 0 Å². The lowest BCUT2D eigenvalue weighted by atomic mass is 9.77. The van der Waals surface area contributed by atoms with Crippen LogP contribution in [0, 0.1) is 5.92 Å². The van der Waals surface area contributed by atoms with Crippen LogP contribution in [0.3, 0.4) is 0 Å². The molecule has 0 radical (unpaired) electrons. The van der Waals surface area contributed by atoms with E-state index < -0.39 is 0 Å². The van der Waals surface area contributed by atoms with E-state index in [1.165, 1.54) is 43.8 Å². The Bertz CT molecular complexity index is 597. The standard InChI is InChI=1S/C17H26N4OS/c1-12(2)10-21-9-7-17(21)6-3-8-20(11-17)16(22)14-15(13-4-5-13)23-19-18-14/h12-13H,3-11H2,1-2H3/t17-/m1/s1. The molecule has 1 spiro atoms. The zero-order valence-corrected chi connectivity index (χ0v) is 14.9. The number of nitrogens with zero attached hydrogens (tertiary/aromatic N) is 4. The molecule has 2 saturated heterocycles. The number of hydrogen-bond acceptors (Lipinski definition) is 5. The summed E-state index contributed by atoms with van der Waals surface area (Å²) in [4.78, 5) is 18.8. The minimum Gasteiger partial charge on any atom is -0.335 e. The predicted octanol–water partition coefficient (Wildman–Crippen LogP) is 2.75. The smallest absolute Gasteiger partial charge is 0.275 e. The predicted molar refractivity (Wildman–Crippen MR) is 90.8 cm³/mol. The van der Waals surface area contributed by atoms with Gasteiger partial charge < -0.3 is 4.90 Å². The summed E-state index contributed by atoms with van der Waals surface area (Å²) in [6.07, 6.45) is 5.95. The Morgan fingerprint density at radius 2 is 2.17 bits per heavy atom. The highest BCUT2D eigenvalue weighted by Gasteiger charge is 2.48. The van der Waals surface area contributed by atoms with Crippen LogP contribution < -0.4 is 0 Å². The molecule has 3 fully saturated rings. The first-order valence-electron chi connectivity index (χ1n) is 8.96. The second-order valence-corrected chi connectivity index (χ2v) is 8.69. The van der Waals surface area contributed by atoms with Crippen LogP contribution in [0.4, 0.5) is 0 Å². The fourth-order valence-corrected chi connectivity index (χ4v) is 4.98. The number of aromatic nitrogens is 2. The van der Waals surface area contributed by atoms with E-state index in [4.69, 9.17) is 0 Å². The molecule has 1 saturated carbocycles. The second kappa shape index (κ2) is 5.81. The molecule has 3 aliphatic rings. The molecule has 2 aliphatic heterocycles. The molecule has 1 amide bonds. The minimum atomic E-state index is 0.121. The molecule has 0 unspecified atom stereocenters. The lowest BCUT2D eigenvalue weighted by Crippen LogP contribution is -2.68. The van der Waals surface area contributed by atoms with Crippen molar-refractivity contribution in [3.8, 4) is 0 Å². The maximum Gasteiger partial charge on any atom is 0.275 e. The Hall–Kier alpha value is -1.01. The average Bonchev–Trinajstić information content (AvgIpc) is 3.28. The highest BCUT2D eigenvalue weighted by atomic mass is 32.1. The van der Waals surface area contributed by atoms with E-state index in [1.807, 2.05) is 0 Å². The van der Waals surface area contributed by atoms with Crippen molar-refractivity contribution < 1.29 is 4.79 Å². The number of rotatable bonds is 4. The van der Waals surface area contributed by atoms with Crippen molar-refractivity contribution in [2.75, 3.05) is 26.2 Å². The normalized spacial score (nSPS) is 28.4. The van der Waals surface area contributed by atoms with Crippen molar-refractivity contribution in [1.82, 2.24) is 19.4 Å². The third-order valence-electron chi connectivity index (χ3n) is 5.61. The van der Waals surface area contributed by atoms with E-state index in [9.17, 15) is 4.79 Å². The van der Waals surface area contributed by atoms with Gasteiger partial charge in [0, 0.05) is 31.7 Å². The monoisotopic (exact) mass is 334 g/mol. The fourth-order valence-electron chi connectivity index (χ4n) is 4.17. The van der Waals surface area contributed by atoms with Crippen LogP contribution in [0.2, 0.25) is 0 Å². The molecule has 1 aromatic heterocycles. The SMILES string of the molecule is CC(C)CN1CC[C@@]12CCCN(C(=O)c1nnsc1C1CC1)C2. The summed E-state index contributed by atoms with van der Waals surface area (Å²) in [5.74, 6) is 1.35. The largest absolute Gasteiger partial charge is 0.335 e. The first-order valence-corrected chi connectivity index (χ1v) is 9.73. The van der Waals surface area contributed by atoms with Crippen molar-refractivity contribution >= 4 is 17.4 Å². The van der Waals surface area contributed by atoms with Gasteiger partial charge in [0.05, 0.1) is 4.88 Å². The first kappa shape index (κ1) is 15.5. The lowest BCUT2D eigenvalue weighted by Gasteiger charge is -2.57. The topological polar surface area (TPSA) is 49.3 Å². The van der Waals surface area contributed by atoms with Gasteiger partial charge in [0.2, 0.25) is 0 Å². The summed E-state index contributed by atoms with van der Waals surface area (Å²) in [6.45, 7) is 8.64. The first-order chi connectivity index (χ1) is 11.1. The molecule has 4 rings (SSSR count). The fraction of sp³-hybridized carbons (Fsp3) is 0.824. The third-order valence-corrected chi connectivity index (χ3v) is 6.50. The van der Waals surface area contributed by atoms with Crippen molar-refractivity contribution in [2.45, 2.75) is 57.4 Å². The van der Waals surface area contributed by atoms with Crippen LogP contribution in [-0.4, -0.2) is 57.0 Å². The van der Waals surface area contributed by atoms with Crippen LogP contribution >= 0.6 is 11.5 Å². The van der Waals surface area contributed by atoms with Crippen LogP contribution in [0.15, 0.2) is 0 Å². The van der Waals surface area contributed by atoms with Gasteiger partial charge in [-0.3, -0.25) is 9.69 Å². The summed E-state index contributed by atoms with van der Waals surface area (Å²) in [6, 6.07) is 0. The number of amides is 1. The van der Waals surface area contributed by atoms with Crippen molar-refractivity contribution in [2.24, 2.45) is 5.92 Å². The number of carbonyl (C=O) groups excluding carboxylic acids is 1. The molecule has 1 atom stereocenters. The molecule has 3 heterocycles. The average molecular weight is 334 g/mol. The molecule has 0 bridgehead atoms. The van der Waals surface area contributed by atoms with Crippen LogP contribution in [-0.2, 0) is 0 Å². The molecule has 126 valence electrons. The van der Waals surface area contributed by atoms with Gasteiger partial charge in [0.1, 0.15) is 0 Å². The van der Waals surface area contributed by atoms with E-state index >= 15 is 0 Å². The molecule has 6 heteroatoms. The maximum atomic E-state index is 13.0. The number of carbonyl (C=O) groups is 1. The summed E-state index contributed by atoms with van der Waals surface area (Å²) >= 11 is 1.42. The molecule has 0 N–H and O–H groups in total. The van der Waals surface area contributed by atoms with Crippen molar-refractivity contribution in [1.29, 1.82) is 0 Å². The Balaban J connectivity index is 1.49. The Labute approximate surface area is 142 Å². The molecular formula is C17H26N4OS. The maximum absolute atomic E-state index is 13.0. The molecule has 23 heavy (non-hydrogen) atoms. The number of likely N-dealkylation sites (tertiary alicyclic amines) is 2. The summed E-state index contributed by atoms with van der Waals surface area (Å²) in [5.41, 5.74) is 0.880. The highest BCUT2D eigenvalue weighted by molar-refractivity contribution is 7.06. The van der Waals surface area contributed by atoms with Gasteiger partial charge in [-0.05, 0) is 55.5 Å². The van der Waals surface area contributed by atoms with E-state index in [0.717, 1.165) is 30.9 Å². The molecule has 0 aromatic carbocycles. The van der Waals surface area contributed by atoms with Crippen molar-refractivity contribution in [3.63, 3.8) is 0 Å². The quantitative estimate of drug-likeness (QED) is 0.849. The Morgan fingerprint density at radius 1 is 1.35 bits per heavy atom. The van der Waals surface area contributed by atoms with Gasteiger partial charge in [-0.1, -0.05) is 18.3 Å².